The van der Waals surface area contributed by atoms with Crippen molar-refractivity contribution in [3.63, 3.8) is 0 Å². The van der Waals surface area contributed by atoms with Crippen LogP contribution in [0.15, 0.2) is 42.6 Å². The van der Waals surface area contributed by atoms with E-state index in [4.69, 9.17) is 9.72 Å². The van der Waals surface area contributed by atoms with Gasteiger partial charge in [0.1, 0.15) is 11.9 Å². The molecule has 1 aromatic carbocycles. The number of ether oxygens (including phenoxy) is 1. The third-order valence-electron chi connectivity index (χ3n) is 4.79. The van der Waals surface area contributed by atoms with Crippen molar-refractivity contribution >= 4 is 11.7 Å². The summed E-state index contributed by atoms with van der Waals surface area (Å²) in [5.74, 6) is 1.79. The maximum atomic E-state index is 12.4. The Labute approximate surface area is 147 Å². The average Bonchev–Trinajstić information content (AvgIpc) is 3.23. The highest BCUT2D eigenvalue weighted by atomic mass is 16.5. The lowest BCUT2D eigenvalue weighted by atomic mass is 10.2. The standard InChI is InChI=1S/C19H22N4O2/c24-19(16-7-4-14-25-16)23-12-10-22(11-13-23)17-8-9-20-18(21-17)15-5-2-1-3-6-15/h1-3,5-6,8-9,16H,4,7,10-14H2. The summed E-state index contributed by atoms with van der Waals surface area (Å²) in [5.41, 5.74) is 1.01. The van der Waals surface area contributed by atoms with Crippen LogP contribution in [-0.2, 0) is 9.53 Å². The minimum absolute atomic E-state index is 0.143. The van der Waals surface area contributed by atoms with Gasteiger partial charge in [-0.25, -0.2) is 9.97 Å². The second-order valence-corrected chi connectivity index (χ2v) is 6.42. The Bertz CT molecular complexity index is 723. The number of benzene rings is 1. The first-order valence-electron chi connectivity index (χ1n) is 8.85. The summed E-state index contributed by atoms with van der Waals surface area (Å²) in [6.07, 6.45) is 3.41. The van der Waals surface area contributed by atoms with E-state index in [-0.39, 0.29) is 12.0 Å². The molecule has 4 rings (SSSR count). The molecule has 2 aromatic rings. The predicted molar refractivity (Wildman–Crippen MR) is 95.2 cm³/mol. The Morgan fingerprint density at radius 3 is 2.60 bits per heavy atom. The first-order chi connectivity index (χ1) is 12.3. The third-order valence-corrected chi connectivity index (χ3v) is 4.79. The number of hydrogen-bond donors (Lipinski definition) is 0. The second-order valence-electron chi connectivity index (χ2n) is 6.42. The molecule has 2 saturated heterocycles. The van der Waals surface area contributed by atoms with Crippen molar-refractivity contribution in [3.8, 4) is 11.4 Å². The van der Waals surface area contributed by atoms with Crippen LogP contribution >= 0.6 is 0 Å². The Morgan fingerprint density at radius 2 is 1.88 bits per heavy atom. The first-order valence-corrected chi connectivity index (χ1v) is 8.85. The monoisotopic (exact) mass is 338 g/mol. The molecule has 25 heavy (non-hydrogen) atoms. The highest BCUT2D eigenvalue weighted by Gasteiger charge is 2.30. The molecule has 1 aromatic heterocycles. The molecule has 1 amide bonds. The zero-order valence-corrected chi connectivity index (χ0v) is 14.2. The summed E-state index contributed by atoms with van der Waals surface area (Å²) in [7, 11) is 0. The van der Waals surface area contributed by atoms with Crippen LogP contribution in [0.2, 0.25) is 0 Å². The van der Waals surface area contributed by atoms with Gasteiger partial charge in [-0.2, -0.15) is 0 Å². The second kappa shape index (κ2) is 7.19. The third kappa shape index (κ3) is 3.49. The maximum absolute atomic E-state index is 12.4. The van der Waals surface area contributed by atoms with Crippen LogP contribution in [0.3, 0.4) is 0 Å². The number of nitrogens with zero attached hydrogens (tertiary/aromatic N) is 4. The van der Waals surface area contributed by atoms with Gasteiger partial charge >= 0.3 is 0 Å². The molecule has 2 fully saturated rings. The van der Waals surface area contributed by atoms with E-state index in [1.165, 1.54) is 0 Å². The maximum Gasteiger partial charge on any atom is 0.251 e. The molecule has 3 heterocycles. The fraction of sp³-hybridized carbons (Fsp3) is 0.421. The summed E-state index contributed by atoms with van der Waals surface area (Å²) in [4.78, 5) is 25.7. The predicted octanol–water partition coefficient (Wildman–Crippen LogP) is 1.97. The van der Waals surface area contributed by atoms with Gasteiger partial charge < -0.3 is 14.5 Å². The Balaban J connectivity index is 1.42. The van der Waals surface area contributed by atoms with E-state index in [0.717, 1.165) is 43.1 Å². The lowest BCUT2D eigenvalue weighted by molar-refractivity contribution is -0.141. The summed E-state index contributed by atoms with van der Waals surface area (Å²) in [6, 6.07) is 11.9. The van der Waals surface area contributed by atoms with E-state index in [1.54, 1.807) is 6.20 Å². The van der Waals surface area contributed by atoms with Gasteiger partial charge in [-0.3, -0.25) is 4.79 Å². The Morgan fingerprint density at radius 1 is 1.08 bits per heavy atom. The van der Waals surface area contributed by atoms with E-state index in [2.05, 4.69) is 9.88 Å². The molecule has 0 N–H and O–H groups in total. The number of carbonyl (C=O) groups is 1. The fourth-order valence-electron chi connectivity index (χ4n) is 3.38. The van der Waals surface area contributed by atoms with Gasteiger partial charge in [-0.15, -0.1) is 0 Å². The number of amides is 1. The SMILES string of the molecule is O=C(C1CCCO1)N1CCN(c2ccnc(-c3ccccc3)n2)CC1. The van der Waals surface area contributed by atoms with Crippen molar-refractivity contribution < 1.29 is 9.53 Å². The van der Waals surface area contributed by atoms with Crippen LogP contribution in [0.4, 0.5) is 5.82 Å². The average molecular weight is 338 g/mol. The topological polar surface area (TPSA) is 58.6 Å². The van der Waals surface area contributed by atoms with Crippen LogP contribution in [-0.4, -0.2) is 59.7 Å². The van der Waals surface area contributed by atoms with E-state index in [9.17, 15) is 4.79 Å². The number of piperazine rings is 1. The lowest BCUT2D eigenvalue weighted by Gasteiger charge is -2.36. The molecule has 0 spiro atoms. The van der Waals surface area contributed by atoms with Crippen LogP contribution in [0.5, 0.6) is 0 Å². The van der Waals surface area contributed by atoms with Crippen LogP contribution < -0.4 is 4.90 Å². The molecule has 6 heteroatoms. The molecule has 2 aliphatic rings. The van der Waals surface area contributed by atoms with Gasteiger partial charge in [-0.1, -0.05) is 30.3 Å². The van der Waals surface area contributed by atoms with E-state index < -0.39 is 0 Å². The van der Waals surface area contributed by atoms with E-state index in [0.29, 0.717) is 19.7 Å². The van der Waals surface area contributed by atoms with Gasteiger partial charge in [0.25, 0.3) is 5.91 Å². The zero-order chi connectivity index (χ0) is 17.1. The van der Waals surface area contributed by atoms with Gasteiger partial charge in [-0.05, 0) is 18.9 Å². The molecule has 0 saturated carbocycles. The first kappa shape index (κ1) is 16.0. The lowest BCUT2D eigenvalue weighted by Crippen LogP contribution is -2.51. The van der Waals surface area contributed by atoms with Crippen LogP contribution in [0.25, 0.3) is 11.4 Å². The molecule has 0 aliphatic carbocycles. The molecule has 0 radical (unpaired) electrons. The highest BCUT2D eigenvalue weighted by Crippen LogP contribution is 2.20. The quantitative estimate of drug-likeness (QED) is 0.856. The van der Waals surface area contributed by atoms with Gasteiger partial charge in [0.15, 0.2) is 5.82 Å². The van der Waals surface area contributed by atoms with E-state index in [1.807, 2.05) is 41.3 Å². The van der Waals surface area contributed by atoms with E-state index >= 15 is 0 Å². The van der Waals surface area contributed by atoms with Crippen molar-refractivity contribution in [3.05, 3.63) is 42.6 Å². The minimum atomic E-state index is -0.227. The zero-order valence-electron chi connectivity index (χ0n) is 14.2. The summed E-state index contributed by atoms with van der Waals surface area (Å²) in [5, 5.41) is 0. The molecule has 2 aliphatic heterocycles. The normalized spacial score (nSPS) is 20.7. The summed E-state index contributed by atoms with van der Waals surface area (Å²) >= 11 is 0. The number of aromatic nitrogens is 2. The molecule has 130 valence electrons. The molecular weight excluding hydrogens is 316 g/mol. The summed E-state index contributed by atoms with van der Waals surface area (Å²) < 4.78 is 5.52. The van der Waals surface area contributed by atoms with Gasteiger partial charge in [0.05, 0.1) is 0 Å². The molecule has 1 atom stereocenters. The van der Waals surface area contributed by atoms with Crippen molar-refractivity contribution in [2.45, 2.75) is 18.9 Å². The van der Waals surface area contributed by atoms with Gasteiger partial charge in [0.2, 0.25) is 0 Å². The Kier molecular flexibility index (Phi) is 4.61. The largest absolute Gasteiger partial charge is 0.368 e. The van der Waals surface area contributed by atoms with Crippen molar-refractivity contribution in [2.75, 3.05) is 37.7 Å². The van der Waals surface area contributed by atoms with Crippen molar-refractivity contribution in [1.82, 2.24) is 14.9 Å². The van der Waals surface area contributed by atoms with Crippen LogP contribution in [0.1, 0.15) is 12.8 Å². The number of carbonyl (C=O) groups excluding carboxylic acids is 1. The molecule has 0 bridgehead atoms. The number of rotatable bonds is 3. The molecule has 6 nitrogen and oxygen atoms in total. The number of anilines is 1. The number of hydrogen-bond acceptors (Lipinski definition) is 5. The van der Waals surface area contributed by atoms with Crippen molar-refractivity contribution in [1.29, 1.82) is 0 Å². The van der Waals surface area contributed by atoms with Gasteiger partial charge in [0, 0.05) is 44.5 Å². The Hall–Kier alpha value is -2.47. The summed E-state index contributed by atoms with van der Waals surface area (Å²) in [6.45, 7) is 3.69. The highest BCUT2D eigenvalue weighted by molar-refractivity contribution is 5.81. The van der Waals surface area contributed by atoms with Crippen LogP contribution in [0, 0.1) is 0 Å². The smallest absolute Gasteiger partial charge is 0.251 e. The molecule has 1 unspecified atom stereocenters. The van der Waals surface area contributed by atoms with Crippen molar-refractivity contribution in [2.24, 2.45) is 0 Å². The molecular formula is C19H22N4O2. The minimum Gasteiger partial charge on any atom is -0.368 e. The fourth-order valence-corrected chi connectivity index (χ4v) is 3.38.